The van der Waals surface area contributed by atoms with Gasteiger partial charge in [0.2, 0.25) is 0 Å². The monoisotopic (exact) mass is 341 g/mol. The largest absolute Gasteiger partial charge is 0.488 e. The van der Waals surface area contributed by atoms with Crippen molar-refractivity contribution in [1.29, 1.82) is 0 Å². The fraction of sp³-hybridized carbons (Fsp3) is 0.167. The highest BCUT2D eigenvalue weighted by Crippen LogP contribution is 2.27. The minimum Gasteiger partial charge on any atom is -0.488 e. The molecule has 130 valence electrons. The van der Waals surface area contributed by atoms with Crippen LogP contribution in [0.25, 0.3) is 10.9 Å². The van der Waals surface area contributed by atoms with Crippen LogP contribution in [-0.2, 0) is 19.6 Å². The number of fused-ring (bicyclic) bond motifs is 1. The minimum atomic E-state index is 0.596. The average Bonchev–Trinajstić information content (AvgIpc) is 3.12. The van der Waals surface area contributed by atoms with Gasteiger partial charge < -0.3 is 9.30 Å². The first kappa shape index (κ1) is 16.5. The molecule has 0 saturated carbocycles. The van der Waals surface area contributed by atoms with Gasteiger partial charge in [-0.1, -0.05) is 66.7 Å². The van der Waals surface area contributed by atoms with E-state index >= 15 is 0 Å². The third kappa shape index (κ3) is 3.80. The lowest BCUT2D eigenvalue weighted by Gasteiger charge is -2.09. The summed E-state index contributed by atoms with van der Waals surface area (Å²) in [6, 6.07) is 29.5. The molecule has 2 heteroatoms. The fourth-order valence-electron chi connectivity index (χ4n) is 3.35. The molecule has 0 amide bonds. The Kier molecular flexibility index (Phi) is 5.02. The van der Waals surface area contributed by atoms with E-state index in [4.69, 9.17) is 4.74 Å². The van der Waals surface area contributed by atoms with E-state index in [1.807, 2.05) is 18.2 Å². The highest BCUT2D eigenvalue weighted by molar-refractivity contribution is 5.86. The molecule has 0 N–H and O–H groups in total. The summed E-state index contributed by atoms with van der Waals surface area (Å²) in [6.07, 6.45) is 4.40. The van der Waals surface area contributed by atoms with E-state index in [1.165, 1.54) is 22.0 Å². The number of benzene rings is 3. The second-order valence-corrected chi connectivity index (χ2v) is 6.56. The maximum atomic E-state index is 6.08. The first-order valence-electron chi connectivity index (χ1n) is 9.19. The van der Waals surface area contributed by atoms with Crippen molar-refractivity contribution in [2.45, 2.75) is 26.0 Å². The lowest BCUT2D eigenvalue weighted by Crippen LogP contribution is -1.99. The predicted octanol–water partition coefficient (Wildman–Crippen LogP) is 5.85. The van der Waals surface area contributed by atoms with Crippen LogP contribution in [0.1, 0.15) is 17.5 Å². The number of rotatable bonds is 7. The second kappa shape index (κ2) is 7.92. The lowest BCUT2D eigenvalue weighted by molar-refractivity contribution is 0.310. The van der Waals surface area contributed by atoms with E-state index in [0.717, 1.165) is 25.1 Å². The molecule has 1 aromatic heterocycles. The van der Waals surface area contributed by atoms with Gasteiger partial charge in [-0.25, -0.2) is 0 Å². The van der Waals surface area contributed by atoms with Gasteiger partial charge in [0.05, 0.1) is 5.52 Å². The zero-order chi connectivity index (χ0) is 17.6. The normalized spacial score (nSPS) is 10.9. The van der Waals surface area contributed by atoms with E-state index in [1.54, 1.807) is 0 Å². The Hall–Kier alpha value is -3.00. The van der Waals surface area contributed by atoms with Crippen LogP contribution < -0.4 is 4.74 Å². The van der Waals surface area contributed by atoms with Gasteiger partial charge in [0.1, 0.15) is 12.4 Å². The van der Waals surface area contributed by atoms with Gasteiger partial charge in [-0.3, -0.25) is 0 Å². The Morgan fingerprint density at radius 1 is 0.692 bits per heavy atom. The molecule has 4 aromatic rings. The number of hydrogen-bond donors (Lipinski definition) is 0. The predicted molar refractivity (Wildman–Crippen MR) is 107 cm³/mol. The Labute approximate surface area is 154 Å². The number of nitrogens with zero attached hydrogens (tertiary/aromatic N) is 1. The van der Waals surface area contributed by atoms with Crippen molar-refractivity contribution in [2.24, 2.45) is 0 Å². The summed E-state index contributed by atoms with van der Waals surface area (Å²) >= 11 is 0. The molecule has 0 atom stereocenters. The summed E-state index contributed by atoms with van der Waals surface area (Å²) in [5.41, 5.74) is 3.83. The maximum absolute atomic E-state index is 6.08. The summed E-state index contributed by atoms with van der Waals surface area (Å²) in [6.45, 7) is 1.61. The molecule has 0 radical (unpaired) electrons. The molecule has 3 aromatic carbocycles. The molecular weight excluding hydrogens is 318 g/mol. The Morgan fingerprint density at radius 2 is 1.42 bits per heavy atom. The molecule has 26 heavy (non-hydrogen) atoms. The van der Waals surface area contributed by atoms with E-state index < -0.39 is 0 Å². The van der Waals surface area contributed by atoms with Crippen molar-refractivity contribution in [3.63, 3.8) is 0 Å². The summed E-state index contributed by atoms with van der Waals surface area (Å²) in [7, 11) is 0. The van der Waals surface area contributed by atoms with Crippen LogP contribution in [0.2, 0.25) is 0 Å². The van der Waals surface area contributed by atoms with E-state index in [-0.39, 0.29) is 0 Å². The zero-order valence-electron chi connectivity index (χ0n) is 14.8. The summed E-state index contributed by atoms with van der Waals surface area (Å²) in [5.74, 6) is 0.952. The van der Waals surface area contributed by atoms with E-state index in [2.05, 4.69) is 77.5 Å². The minimum absolute atomic E-state index is 0.596. The molecule has 0 unspecified atom stereocenters. The van der Waals surface area contributed by atoms with Crippen LogP contribution in [0.3, 0.4) is 0 Å². The Morgan fingerprint density at radius 3 is 2.19 bits per heavy atom. The first-order valence-corrected chi connectivity index (χ1v) is 9.19. The molecule has 0 aliphatic rings. The summed E-state index contributed by atoms with van der Waals surface area (Å²) in [5, 5.41) is 1.18. The topological polar surface area (TPSA) is 14.2 Å². The number of aromatic nitrogens is 1. The molecule has 1 heterocycles. The zero-order valence-corrected chi connectivity index (χ0v) is 14.8. The number of aryl methyl sites for hydroxylation is 2. The second-order valence-electron chi connectivity index (χ2n) is 6.56. The highest BCUT2D eigenvalue weighted by Gasteiger charge is 2.07. The molecule has 2 nitrogen and oxygen atoms in total. The van der Waals surface area contributed by atoms with Crippen molar-refractivity contribution in [1.82, 2.24) is 4.57 Å². The smallest absolute Gasteiger partial charge is 0.129 e. The molecule has 0 saturated heterocycles. The van der Waals surface area contributed by atoms with Gasteiger partial charge in [0.25, 0.3) is 0 Å². The van der Waals surface area contributed by atoms with Gasteiger partial charge in [-0.15, -0.1) is 0 Å². The van der Waals surface area contributed by atoms with Crippen molar-refractivity contribution < 1.29 is 4.74 Å². The van der Waals surface area contributed by atoms with Crippen molar-refractivity contribution in [3.05, 3.63) is 102 Å². The Bertz CT molecular complexity index is 957. The quantitative estimate of drug-likeness (QED) is 0.411. The maximum Gasteiger partial charge on any atom is 0.129 e. The molecule has 0 aliphatic carbocycles. The van der Waals surface area contributed by atoms with Gasteiger partial charge in [0, 0.05) is 18.1 Å². The average molecular weight is 341 g/mol. The van der Waals surface area contributed by atoms with Crippen LogP contribution in [0.4, 0.5) is 0 Å². The molecule has 4 rings (SSSR count). The van der Waals surface area contributed by atoms with Crippen LogP contribution >= 0.6 is 0 Å². The SMILES string of the molecule is c1ccc(CCCn2ccc3c(OCc4ccccc4)cccc32)cc1. The number of ether oxygens (including phenoxy) is 1. The van der Waals surface area contributed by atoms with Crippen LogP contribution in [0.15, 0.2) is 91.1 Å². The van der Waals surface area contributed by atoms with Crippen molar-refractivity contribution in [2.75, 3.05) is 0 Å². The van der Waals surface area contributed by atoms with E-state index in [9.17, 15) is 0 Å². The van der Waals surface area contributed by atoms with Crippen LogP contribution in [0.5, 0.6) is 5.75 Å². The number of hydrogen-bond acceptors (Lipinski definition) is 1. The van der Waals surface area contributed by atoms with Gasteiger partial charge >= 0.3 is 0 Å². The van der Waals surface area contributed by atoms with Gasteiger partial charge in [-0.05, 0) is 42.2 Å². The van der Waals surface area contributed by atoms with Crippen LogP contribution in [0, 0.1) is 0 Å². The Balaban J connectivity index is 1.44. The summed E-state index contributed by atoms with van der Waals surface area (Å²) < 4.78 is 8.41. The van der Waals surface area contributed by atoms with Crippen molar-refractivity contribution in [3.8, 4) is 5.75 Å². The molecule has 0 spiro atoms. The lowest BCUT2D eigenvalue weighted by atomic mass is 10.1. The standard InChI is InChI=1S/C24H23NO/c1-3-9-20(10-4-1)13-8-17-25-18-16-22-23(25)14-7-15-24(22)26-19-21-11-5-2-6-12-21/h1-7,9-12,14-16,18H,8,13,17,19H2. The van der Waals surface area contributed by atoms with Crippen molar-refractivity contribution >= 4 is 10.9 Å². The fourth-order valence-corrected chi connectivity index (χ4v) is 3.35. The first-order chi connectivity index (χ1) is 12.9. The molecule has 0 fully saturated rings. The van der Waals surface area contributed by atoms with Crippen LogP contribution in [-0.4, -0.2) is 4.57 Å². The highest BCUT2D eigenvalue weighted by atomic mass is 16.5. The van der Waals surface area contributed by atoms with E-state index in [0.29, 0.717) is 6.61 Å². The third-order valence-electron chi connectivity index (χ3n) is 4.72. The van der Waals surface area contributed by atoms with Gasteiger partial charge in [0.15, 0.2) is 0 Å². The molecular formula is C24H23NO. The molecule has 0 aliphatic heterocycles. The molecule has 0 bridgehead atoms. The summed E-state index contributed by atoms with van der Waals surface area (Å²) in [4.78, 5) is 0. The van der Waals surface area contributed by atoms with Gasteiger partial charge in [-0.2, -0.15) is 0 Å². The third-order valence-corrected chi connectivity index (χ3v) is 4.72.